The summed E-state index contributed by atoms with van der Waals surface area (Å²) in [5.74, 6) is 1.34. The number of carbonyl (C=O) groups excluding carboxylic acids is 1. The number of para-hydroxylation sites is 1. The maximum Gasteiger partial charge on any atom is 0.232 e. The van der Waals surface area contributed by atoms with Crippen molar-refractivity contribution in [3.05, 3.63) is 65.1 Å². The lowest BCUT2D eigenvalue weighted by molar-refractivity contribution is 0.101. The summed E-state index contributed by atoms with van der Waals surface area (Å²) in [7, 11) is 1.63. The molecule has 0 unspecified atom stereocenters. The van der Waals surface area contributed by atoms with Crippen molar-refractivity contribution in [2.45, 2.75) is 6.42 Å². The number of fused-ring (bicyclic) bond motifs is 2. The van der Waals surface area contributed by atoms with Gasteiger partial charge in [0.15, 0.2) is 5.76 Å². The smallest absolute Gasteiger partial charge is 0.232 e. The Morgan fingerprint density at radius 3 is 2.88 bits per heavy atom. The van der Waals surface area contributed by atoms with Gasteiger partial charge in [0.25, 0.3) is 0 Å². The minimum absolute atomic E-state index is 0.148. The number of aromatic amines is 1. The molecule has 0 amide bonds. The predicted octanol–water partition coefficient (Wildman–Crippen LogP) is 3.50. The van der Waals surface area contributed by atoms with Crippen molar-refractivity contribution in [2.75, 3.05) is 39.8 Å². The lowest BCUT2D eigenvalue weighted by atomic mass is 10.0. The van der Waals surface area contributed by atoms with Gasteiger partial charge >= 0.3 is 0 Å². The average molecular weight is 431 g/mol. The highest BCUT2D eigenvalue weighted by Gasteiger charge is 2.31. The summed E-state index contributed by atoms with van der Waals surface area (Å²) in [5.41, 5.74) is 2.92. The average Bonchev–Trinajstić information content (AvgIpc) is 3.39. The standard InChI is InChI=1S/C25H26N4O3/c1-31-22-10-9-19-24(30)23(16-21-17-6-2-3-8-20(17)27-28-21)32-25(19)18(22)7-4-5-13-29-14-11-26-12-15-29/h2-4,6-10,16,26H,5,11-15H2,1H3,(H,27,28)/b7-4-,23-16-. The molecule has 0 aliphatic carbocycles. The van der Waals surface area contributed by atoms with Crippen LogP contribution >= 0.6 is 0 Å². The van der Waals surface area contributed by atoms with E-state index in [1.54, 1.807) is 19.3 Å². The van der Waals surface area contributed by atoms with Gasteiger partial charge in [-0.05, 0) is 24.6 Å². The summed E-state index contributed by atoms with van der Waals surface area (Å²) in [6.07, 6.45) is 6.74. The van der Waals surface area contributed by atoms with Gasteiger partial charge in [-0.1, -0.05) is 30.4 Å². The van der Waals surface area contributed by atoms with Gasteiger partial charge in [-0.15, -0.1) is 0 Å². The molecule has 1 saturated heterocycles. The van der Waals surface area contributed by atoms with Crippen molar-refractivity contribution in [3.63, 3.8) is 0 Å². The normalized spacial score (nSPS) is 17.9. The molecule has 2 aliphatic heterocycles. The summed E-state index contributed by atoms with van der Waals surface area (Å²) < 4.78 is 11.6. The van der Waals surface area contributed by atoms with Crippen molar-refractivity contribution in [3.8, 4) is 11.5 Å². The second-order valence-electron chi connectivity index (χ2n) is 7.94. The number of nitrogens with zero attached hydrogens (tertiary/aromatic N) is 2. The van der Waals surface area contributed by atoms with Crippen LogP contribution < -0.4 is 14.8 Å². The Labute approximate surface area is 186 Å². The Hall–Kier alpha value is -3.42. The molecule has 2 N–H and O–H groups in total. The summed E-state index contributed by atoms with van der Waals surface area (Å²) in [5, 5.41) is 11.6. The molecule has 164 valence electrons. The van der Waals surface area contributed by atoms with Crippen LogP contribution in [0.4, 0.5) is 0 Å². The quantitative estimate of drug-likeness (QED) is 0.583. The van der Waals surface area contributed by atoms with Gasteiger partial charge in [-0.2, -0.15) is 5.10 Å². The number of ether oxygens (including phenoxy) is 2. The lowest BCUT2D eigenvalue weighted by Crippen LogP contribution is -2.43. The number of benzene rings is 2. The summed E-state index contributed by atoms with van der Waals surface area (Å²) in [6.45, 7) is 5.24. The number of piperazine rings is 1. The molecule has 0 saturated carbocycles. The second-order valence-corrected chi connectivity index (χ2v) is 7.94. The zero-order valence-corrected chi connectivity index (χ0v) is 18.1. The molecule has 7 heteroatoms. The van der Waals surface area contributed by atoms with E-state index in [0.29, 0.717) is 22.8 Å². The minimum Gasteiger partial charge on any atom is -0.496 e. The van der Waals surface area contributed by atoms with Gasteiger partial charge in [0.1, 0.15) is 11.5 Å². The van der Waals surface area contributed by atoms with Crippen molar-refractivity contribution >= 4 is 28.8 Å². The van der Waals surface area contributed by atoms with Gasteiger partial charge in [0, 0.05) is 44.2 Å². The third-order valence-electron chi connectivity index (χ3n) is 5.93. The second kappa shape index (κ2) is 8.98. The number of aromatic nitrogens is 2. The number of allylic oxidation sites excluding steroid dienone is 1. The molecule has 3 heterocycles. The summed E-state index contributed by atoms with van der Waals surface area (Å²) in [6, 6.07) is 11.4. The molecular weight excluding hydrogens is 404 g/mol. The Morgan fingerprint density at radius 2 is 2.03 bits per heavy atom. The molecule has 7 nitrogen and oxygen atoms in total. The predicted molar refractivity (Wildman–Crippen MR) is 125 cm³/mol. The molecule has 0 bridgehead atoms. The van der Waals surface area contributed by atoms with Crippen LogP contribution in [0, 0.1) is 0 Å². The topological polar surface area (TPSA) is 79.5 Å². The third-order valence-corrected chi connectivity index (χ3v) is 5.93. The first-order valence-electron chi connectivity index (χ1n) is 10.9. The lowest BCUT2D eigenvalue weighted by Gasteiger charge is -2.26. The van der Waals surface area contributed by atoms with E-state index in [0.717, 1.165) is 55.6 Å². The van der Waals surface area contributed by atoms with Crippen LogP contribution in [0.3, 0.4) is 0 Å². The van der Waals surface area contributed by atoms with Crippen molar-refractivity contribution in [1.82, 2.24) is 20.4 Å². The molecular formula is C25H26N4O3. The largest absolute Gasteiger partial charge is 0.496 e. The van der Waals surface area contributed by atoms with E-state index in [-0.39, 0.29) is 11.5 Å². The van der Waals surface area contributed by atoms with Gasteiger partial charge in [0.05, 0.1) is 29.4 Å². The van der Waals surface area contributed by atoms with Gasteiger partial charge in [-0.3, -0.25) is 9.89 Å². The fraction of sp³-hybridized carbons (Fsp3) is 0.280. The number of hydrogen-bond acceptors (Lipinski definition) is 6. The van der Waals surface area contributed by atoms with Gasteiger partial charge in [0.2, 0.25) is 5.78 Å². The summed E-state index contributed by atoms with van der Waals surface area (Å²) in [4.78, 5) is 15.5. The van der Waals surface area contributed by atoms with E-state index in [4.69, 9.17) is 9.47 Å². The Bertz CT molecular complexity index is 1210. The molecule has 0 spiro atoms. The van der Waals surface area contributed by atoms with Crippen molar-refractivity contribution in [1.29, 1.82) is 0 Å². The number of hydrogen-bond donors (Lipinski definition) is 2. The molecule has 1 aromatic heterocycles. The van der Waals surface area contributed by atoms with E-state index in [9.17, 15) is 4.79 Å². The molecule has 2 aliphatic rings. The highest BCUT2D eigenvalue weighted by molar-refractivity contribution is 6.15. The zero-order valence-electron chi connectivity index (χ0n) is 18.1. The number of rotatable bonds is 6. The molecule has 5 rings (SSSR count). The van der Waals surface area contributed by atoms with Crippen molar-refractivity contribution in [2.24, 2.45) is 0 Å². The van der Waals surface area contributed by atoms with Crippen LogP contribution in [0.15, 0.2) is 48.2 Å². The number of ketones is 1. The van der Waals surface area contributed by atoms with E-state index >= 15 is 0 Å². The van der Waals surface area contributed by atoms with E-state index < -0.39 is 0 Å². The van der Waals surface area contributed by atoms with Crippen LogP contribution in [-0.4, -0.2) is 60.7 Å². The van der Waals surface area contributed by atoms with E-state index in [1.807, 2.05) is 36.4 Å². The first kappa shape index (κ1) is 20.5. The van der Waals surface area contributed by atoms with Crippen LogP contribution in [0.2, 0.25) is 0 Å². The molecule has 0 radical (unpaired) electrons. The van der Waals surface area contributed by atoms with E-state index in [1.165, 1.54) is 0 Å². The zero-order chi connectivity index (χ0) is 21.9. The number of carbonyl (C=O) groups is 1. The van der Waals surface area contributed by atoms with Crippen molar-refractivity contribution < 1.29 is 14.3 Å². The number of H-pyrrole nitrogens is 1. The molecule has 2 aromatic carbocycles. The van der Waals surface area contributed by atoms with Crippen LogP contribution in [-0.2, 0) is 0 Å². The Morgan fingerprint density at radius 1 is 1.19 bits per heavy atom. The number of methoxy groups -OCH3 is 1. The molecule has 1 fully saturated rings. The van der Waals surface area contributed by atoms with Gasteiger partial charge < -0.3 is 19.7 Å². The van der Waals surface area contributed by atoms with Crippen LogP contribution in [0.1, 0.15) is 28.0 Å². The maximum atomic E-state index is 13.0. The Balaban J connectivity index is 1.40. The fourth-order valence-electron chi connectivity index (χ4n) is 4.20. The van der Waals surface area contributed by atoms with Crippen LogP contribution in [0.25, 0.3) is 23.1 Å². The molecule has 3 aromatic rings. The number of Topliss-reactive ketones (excluding diaryl/α,β-unsaturated/α-hetero) is 1. The Kier molecular flexibility index (Phi) is 5.75. The molecule has 32 heavy (non-hydrogen) atoms. The fourth-order valence-corrected chi connectivity index (χ4v) is 4.20. The maximum absolute atomic E-state index is 13.0. The van der Waals surface area contributed by atoms with Crippen LogP contribution in [0.5, 0.6) is 11.5 Å². The monoisotopic (exact) mass is 430 g/mol. The minimum atomic E-state index is -0.148. The highest BCUT2D eigenvalue weighted by Crippen LogP contribution is 2.40. The highest BCUT2D eigenvalue weighted by atomic mass is 16.5. The van der Waals surface area contributed by atoms with Gasteiger partial charge in [-0.25, -0.2) is 0 Å². The number of nitrogens with one attached hydrogen (secondary N) is 2. The van der Waals surface area contributed by atoms with E-state index in [2.05, 4.69) is 26.5 Å². The summed E-state index contributed by atoms with van der Waals surface area (Å²) >= 11 is 0. The molecule has 0 atom stereocenters. The first-order valence-corrected chi connectivity index (χ1v) is 10.9. The first-order chi connectivity index (χ1) is 15.7. The SMILES string of the molecule is COc1ccc2c(c1/C=C\CCN1CCNCC1)O/C(=C\c1n[nH]c3ccccc13)C2=O. The third kappa shape index (κ3) is 3.92.